The Hall–Kier alpha value is -3.08. The Morgan fingerprint density at radius 3 is 2.17 bits per heavy atom. The molecule has 3 aromatic rings. The van der Waals surface area contributed by atoms with Crippen molar-refractivity contribution in [2.24, 2.45) is 0 Å². The van der Waals surface area contributed by atoms with Crippen molar-refractivity contribution in [1.82, 2.24) is 4.31 Å². The number of fused-ring (bicyclic) bond motifs is 1. The molecule has 1 fully saturated rings. The molecule has 0 aromatic heterocycles. The van der Waals surface area contributed by atoms with Crippen LogP contribution in [0.2, 0.25) is 0 Å². The SMILES string of the molecule is CC1CN(S(C)(=O)=O)CCN1c1ccc2c(c1)OCC(c1ccccc1)N2S(=O)(=O)c1ccccc1. The Morgan fingerprint density at radius 2 is 1.53 bits per heavy atom. The molecule has 8 nitrogen and oxygen atoms in total. The van der Waals surface area contributed by atoms with Crippen LogP contribution in [0.4, 0.5) is 11.4 Å². The molecule has 2 aliphatic rings. The second-order valence-corrected chi connectivity index (χ2v) is 13.0. The summed E-state index contributed by atoms with van der Waals surface area (Å²) in [6.45, 7) is 3.47. The summed E-state index contributed by atoms with van der Waals surface area (Å²) < 4.78 is 60.9. The van der Waals surface area contributed by atoms with Gasteiger partial charge in [0.15, 0.2) is 0 Å². The highest BCUT2D eigenvalue weighted by Gasteiger charge is 2.39. The third-order valence-corrected chi connectivity index (χ3v) is 9.84. The highest BCUT2D eigenvalue weighted by Crippen LogP contribution is 2.44. The van der Waals surface area contributed by atoms with Gasteiger partial charge in [-0.25, -0.2) is 16.8 Å². The van der Waals surface area contributed by atoms with Crippen LogP contribution < -0.4 is 13.9 Å². The van der Waals surface area contributed by atoms with Gasteiger partial charge in [0.1, 0.15) is 18.4 Å². The van der Waals surface area contributed by atoms with Crippen LogP contribution in [-0.4, -0.2) is 59.7 Å². The minimum Gasteiger partial charge on any atom is -0.489 e. The predicted octanol–water partition coefficient (Wildman–Crippen LogP) is 3.49. The number of benzene rings is 3. The van der Waals surface area contributed by atoms with E-state index in [1.165, 1.54) is 14.9 Å². The van der Waals surface area contributed by atoms with Crippen molar-refractivity contribution >= 4 is 31.4 Å². The molecule has 2 aliphatic heterocycles. The molecule has 0 radical (unpaired) electrons. The highest BCUT2D eigenvalue weighted by molar-refractivity contribution is 7.92. The van der Waals surface area contributed by atoms with E-state index in [1.807, 2.05) is 49.4 Å². The fourth-order valence-electron chi connectivity index (χ4n) is 4.90. The molecular formula is C26H29N3O5S2. The molecule has 2 atom stereocenters. The lowest BCUT2D eigenvalue weighted by atomic mass is 10.1. The number of piperazine rings is 1. The normalized spacial score (nSPS) is 21.1. The first-order valence-electron chi connectivity index (χ1n) is 11.8. The van der Waals surface area contributed by atoms with Crippen molar-refractivity contribution in [3.63, 3.8) is 0 Å². The van der Waals surface area contributed by atoms with E-state index in [2.05, 4.69) is 4.90 Å². The smallest absolute Gasteiger partial charge is 0.265 e. The molecule has 3 aromatic carbocycles. The summed E-state index contributed by atoms with van der Waals surface area (Å²) in [5.74, 6) is 0.483. The van der Waals surface area contributed by atoms with Crippen LogP contribution in [0.5, 0.6) is 5.75 Å². The van der Waals surface area contributed by atoms with Crippen LogP contribution in [0, 0.1) is 0 Å². The molecule has 1 saturated heterocycles. The fraction of sp³-hybridized carbons (Fsp3) is 0.308. The molecular weight excluding hydrogens is 498 g/mol. The number of hydrogen-bond acceptors (Lipinski definition) is 6. The number of ether oxygens (including phenoxy) is 1. The first-order chi connectivity index (χ1) is 17.2. The minimum absolute atomic E-state index is 0.0451. The van der Waals surface area contributed by atoms with Crippen LogP contribution in [0.3, 0.4) is 0 Å². The van der Waals surface area contributed by atoms with Gasteiger partial charge in [0.05, 0.1) is 16.8 Å². The van der Waals surface area contributed by atoms with E-state index in [4.69, 9.17) is 4.74 Å². The summed E-state index contributed by atoms with van der Waals surface area (Å²) >= 11 is 0. The Labute approximate surface area is 212 Å². The van der Waals surface area contributed by atoms with E-state index < -0.39 is 26.1 Å². The Balaban J connectivity index is 1.53. The molecule has 0 N–H and O–H groups in total. The van der Waals surface area contributed by atoms with Crippen molar-refractivity contribution in [3.8, 4) is 5.75 Å². The van der Waals surface area contributed by atoms with Gasteiger partial charge in [-0.15, -0.1) is 0 Å². The molecule has 2 unspecified atom stereocenters. The topological polar surface area (TPSA) is 87.2 Å². The van der Waals surface area contributed by atoms with Crippen molar-refractivity contribution in [3.05, 3.63) is 84.4 Å². The summed E-state index contributed by atoms with van der Waals surface area (Å²) in [5.41, 5.74) is 2.19. The average Bonchev–Trinajstić information content (AvgIpc) is 2.88. The summed E-state index contributed by atoms with van der Waals surface area (Å²) in [6.07, 6.45) is 1.23. The molecule has 0 amide bonds. The van der Waals surface area contributed by atoms with Crippen molar-refractivity contribution in [2.75, 3.05) is 41.7 Å². The van der Waals surface area contributed by atoms with E-state index in [9.17, 15) is 16.8 Å². The Morgan fingerprint density at radius 1 is 0.861 bits per heavy atom. The molecule has 10 heteroatoms. The number of rotatable bonds is 5. The minimum atomic E-state index is -3.88. The van der Waals surface area contributed by atoms with Gasteiger partial charge in [0.2, 0.25) is 10.0 Å². The third kappa shape index (κ3) is 4.56. The monoisotopic (exact) mass is 527 g/mol. The number of nitrogens with zero attached hydrogens (tertiary/aromatic N) is 3. The standard InChI is InChI=1S/C26H29N3O5S2/c1-20-18-27(35(2,30)31)15-16-28(20)22-13-14-24-26(17-22)34-19-25(21-9-5-3-6-10-21)29(24)36(32,33)23-11-7-4-8-12-23/h3-14,17,20,25H,15-16,18-19H2,1-2H3. The molecule has 190 valence electrons. The molecule has 0 spiro atoms. The van der Waals surface area contributed by atoms with Gasteiger partial charge >= 0.3 is 0 Å². The van der Waals surface area contributed by atoms with Crippen LogP contribution in [-0.2, 0) is 20.0 Å². The molecule has 0 aliphatic carbocycles. The highest BCUT2D eigenvalue weighted by atomic mass is 32.2. The first-order valence-corrected chi connectivity index (χ1v) is 15.1. The van der Waals surface area contributed by atoms with E-state index in [0.29, 0.717) is 31.1 Å². The summed E-state index contributed by atoms with van der Waals surface area (Å²) in [6, 6.07) is 22.9. The zero-order valence-electron chi connectivity index (χ0n) is 20.2. The van der Waals surface area contributed by atoms with Gasteiger partial charge in [-0.3, -0.25) is 4.31 Å². The maximum atomic E-state index is 13.9. The van der Waals surface area contributed by atoms with Crippen molar-refractivity contribution in [1.29, 1.82) is 0 Å². The lowest BCUT2D eigenvalue weighted by Gasteiger charge is -2.41. The van der Waals surface area contributed by atoms with Gasteiger partial charge < -0.3 is 9.64 Å². The maximum absolute atomic E-state index is 13.9. The van der Waals surface area contributed by atoms with Crippen molar-refractivity contribution in [2.45, 2.75) is 23.9 Å². The summed E-state index contributed by atoms with van der Waals surface area (Å²) in [4.78, 5) is 2.35. The zero-order chi connectivity index (χ0) is 25.5. The van der Waals surface area contributed by atoms with Crippen LogP contribution >= 0.6 is 0 Å². The average molecular weight is 528 g/mol. The number of anilines is 2. The van der Waals surface area contributed by atoms with Gasteiger partial charge in [-0.2, -0.15) is 4.31 Å². The Kier molecular flexibility index (Phi) is 6.44. The molecule has 0 saturated carbocycles. The van der Waals surface area contributed by atoms with Gasteiger partial charge in [0, 0.05) is 37.4 Å². The van der Waals surface area contributed by atoms with Crippen LogP contribution in [0.15, 0.2) is 83.8 Å². The molecule has 5 rings (SSSR count). The second-order valence-electron chi connectivity index (χ2n) is 9.17. The number of sulfonamides is 2. The zero-order valence-corrected chi connectivity index (χ0v) is 21.8. The summed E-state index contributed by atoms with van der Waals surface area (Å²) in [7, 11) is -7.13. The predicted molar refractivity (Wildman–Crippen MR) is 140 cm³/mol. The van der Waals surface area contributed by atoms with E-state index in [1.54, 1.807) is 36.4 Å². The summed E-state index contributed by atoms with van der Waals surface area (Å²) in [5, 5.41) is 0. The molecule has 0 bridgehead atoms. The lowest BCUT2D eigenvalue weighted by molar-refractivity contribution is 0.275. The Bertz CT molecular complexity index is 1450. The molecule has 2 heterocycles. The largest absolute Gasteiger partial charge is 0.489 e. The van der Waals surface area contributed by atoms with Gasteiger partial charge in [0.25, 0.3) is 10.0 Å². The third-order valence-electron chi connectivity index (χ3n) is 6.74. The fourth-order valence-corrected chi connectivity index (χ4v) is 7.46. The van der Waals surface area contributed by atoms with E-state index in [0.717, 1.165) is 11.3 Å². The first kappa shape index (κ1) is 24.6. The van der Waals surface area contributed by atoms with Crippen molar-refractivity contribution < 1.29 is 21.6 Å². The van der Waals surface area contributed by atoms with Crippen LogP contribution in [0.25, 0.3) is 0 Å². The van der Waals surface area contributed by atoms with Gasteiger partial charge in [-0.1, -0.05) is 48.5 Å². The van der Waals surface area contributed by atoms with E-state index >= 15 is 0 Å². The van der Waals surface area contributed by atoms with Crippen LogP contribution in [0.1, 0.15) is 18.5 Å². The maximum Gasteiger partial charge on any atom is 0.265 e. The van der Waals surface area contributed by atoms with E-state index in [-0.39, 0.29) is 17.5 Å². The van der Waals surface area contributed by atoms with Gasteiger partial charge in [-0.05, 0) is 36.8 Å². The number of hydrogen-bond donors (Lipinski definition) is 0. The lowest BCUT2D eigenvalue weighted by Crippen LogP contribution is -2.53. The molecule has 36 heavy (non-hydrogen) atoms. The quantitative estimate of drug-likeness (QED) is 0.505. The second kappa shape index (κ2) is 9.42.